The molecule has 0 unspecified atom stereocenters. The Morgan fingerprint density at radius 3 is 2.36 bits per heavy atom. The molecule has 0 spiro atoms. The van der Waals surface area contributed by atoms with E-state index in [2.05, 4.69) is 55.5 Å². The molecule has 2 N–H and O–H groups in total. The summed E-state index contributed by atoms with van der Waals surface area (Å²) < 4.78 is 6.39. The summed E-state index contributed by atoms with van der Waals surface area (Å²) in [5.74, 6) is 0.311. The summed E-state index contributed by atoms with van der Waals surface area (Å²) in [6.45, 7) is 4.08. The minimum absolute atomic E-state index is 0.105. The number of hydrogen-bond acceptors (Lipinski definition) is 5. The maximum atomic E-state index is 12.0. The topological polar surface area (TPSA) is 56.8 Å². The fraction of sp³-hybridized carbons (Fsp3) is 0.300. The first-order chi connectivity index (χ1) is 13.5. The number of nitrogens with zero attached hydrogens (tertiary/aromatic N) is 2. The minimum Gasteiger partial charge on any atom is -0.484 e. The molecule has 1 fully saturated rings. The van der Waals surface area contributed by atoms with Crippen LogP contribution in [0.5, 0.6) is 5.75 Å². The van der Waals surface area contributed by atoms with Crippen LogP contribution in [0.2, 0.25) is 0 Å². The van der Waals surface area contributed by atoms with Crippen LogP contribution in [-0.2, 0) is 4.79 Å². The fourth-order valence-electron chi connectivity index (χ4n) is 2.82. The number of carbonyl (C=O) groups excluding carboxylic acids is 1. The predicted molar refractivity (Wildman–Crippen MR) is 120 cm³/mol. The highest BCUT2D eigenvalue weighted by atomic mass is 79.9. The normalized spacial score (nSPS) is 14.4. The predicted octanol–water partition coefficient (Wildman–Crippen LogP) is 3.09. The molecule has 0 aliphatic carbocycles. The molecule has 1 saturated heterocycles. The smallest absolute Gasteiger partial charge is 0.264 e. The van der Waals surface area contributed by atoms with Gasteiger partial charge in [0.05, 0.1) is 0 Å². The second kappa shape index (κ2) is 9.86. The molecule has 0 saturated carbocycles. The van der Waals surface area contributed by atoms with E-state index in [1.54, 1.807) is 12.1 Å². The maximum Gasteiger partial charge on any atom is 0.264 e. The minimum atomic E-state index is -0.311. The molecule has 0 atom stereocenters. The number of halogens is 1. The van der Waals surface area contributed by atoms with Gasteiger partial charge in [0.15, 0.2) is 11.7 Å². The summed E-state index contributed by atoms with van der Waals surface area (Å²) in [5, 5.41) is 5.90. The van der Waals surface area contributed by atoms with Crippen molar-refractivity contribution >= 4 is 50.5 Å². The van der Waals surface area contributed by atoms with Crippen LogP contribution in [0, 0.1) is 0 Å². The Balaban J connectivity index is 1.43. The van der Waals surface area contributed by atoms with Gasteiger partial charge < -0.3 is 19.9 Å². The number of thiocarbonyl (C=S) groups is 1. The highest BCUT2D eigenvalue weighted by molar-refractivity contribution is 9.10. The zero-order valence-corrected chi connectivity index (χ0v) is 18.1. The van der Waals surface area contributed by atoms with Gasteiger partial charge in [-0.15, -0.1) is 0 Å². The number of nitrogens with one attached hydrogen (secondary N) is 2. The van der Waals surface area contributed by atoms with Crippen molar-refractivity contribution in [3.8, 4) is 5.75 Å². The molecule has 1 heterocycles. The van der Waals surface area contributed by atoms with Gasteiger partial charge in [0.2, 0.25) is 0 Å². The number of piperazine rings is 1. The zero-order chi connectivity index (χ0) is 19.9. The monoisotopic (exact) mass is 462 g/mol. The lowest BCUT2D eigenvalue weighted by Gasteiger charge is -2.34. The van der Waals surface area contributed by atoms with E-state index in [1.807, 2.05) is 24.3 Å². The first-order valence-electron chi connectivity index (χ1n) is 9.02. The van der Waals surface area contributed by atoms with Crippen molar-refractivity contribution in [3.05, 3.63) is 53.0 Å². The highest BCUT2D eigenvalue weighted by Crippen LogP contribution is 2.19. The van der Waals surface area contributed by atoms with Crippen LogP contribution in [0.1, 0.15) is 0 Å². The van der Waals surface area contributed by atoms with Gasteiger partial charge in [-0.2, -0.15) is 0 Å². The van der Waals surface area contributed by atoms with Crippen molar-refractivity contribution in [2.45, 2.75) is 0 Å². The van der Waals surface area contributed by atoms with Gasteiger partial charge in [-0.3, -0.25) is 10.1 Å². The molecule has 1 aliphatic rings. The molecule has 0 radical (unpaired) electrons. The molecule has 1 aliphatic heterocycles. The van der Waals surface area contributed by atoms with E-state index in [1.165, 1.54) is 5.69 Å². The first kappa shape index (κ1) is 20.6. The quantitative estimate of drug-likeness (QED) is 0.665. The van der Waals surface area contributed by atoms with Gasteiger partial charge in [0, 0.05) is 42.0 Å². The van der Waals surface area contributed by atoms with Crippen molar-refractivity contribution in [1.82, 2.24) is 10.2 Å². The maximum absolute atomic E-state index is 12.0. The highest BCUT2D eigenvalue weighted by Gasteiger charge is 2.14. The summed E-state index contributed by atoms with van der Waals surface area (Å²) >= 11 is 8.56. The van der Waals surface area contributed by atoms with Gasteiger partial charge >= 0.3 is 0 Å². The molecule has 28 heavy (non-hydrogen) atoms. The van der Waals surface area contributed by atoms with Crippen LogP contribution in [0.4, 0.5) is 11.4 Å². The number of anilines is 2. The molecule has 8 heteroatoms. The van der Waals surface area contributed by atoms with Gasteiger partial charge in [0.1, 0.15) is 5.75 Å². The van der Waals surface area contributed by atoms with Crippen molar-refractivity contribution in [2.24, 2.45) is 0 Å². The number of ether oxygens (including phenoxy) is 1. The summed E-state index contributed by atoms with van der Waals surface area (Å²) in [6, 6.07) is 15.3. The van der Waals surface area contributed by atoms with Crippen molar-refractivity contribution in [1.29, 1.82) is 0 Å². The number of hydrogen-bond donors (Lipinski definition) is 2. The van der Waals surface area contributed by atoms with E-state index in [0.717, 1.165) is 36.3 Å². The van der Waals surface area contributed by atoms with Crippen molar-refractivity contribution in [2.75, 3.05) is 50.1 Å². The molecule has 0 bridgehead atoms. The zero-order valence-electron chi connectivity index (χ0n) is 15.7. The third kappa shape index (κ3) is 6.19. The Kier molecular flexibility index (Phi) is 7.24. The SMILES string of the molecule is CN1CCN(c2ccc(NC(=S)NC(=O)COc3ccc(Br)cc3)cc2)CC1. The van der Waals surface area contributed by atoms with E-state index >= 15 is 0 Å². The van der Waals surface area contributed by atoms with Crippen molar-refractivity contribution in [3.63, 3.8) is 0 Å². The molecule has 2 aromatic rings. The Morgan fingerprint density at radius 2 is 1.71 bits per heavy atom. The average Bonchev–Trinajstić information content (AvgIpc) is 2.69. The lowest BCUT2D eigenvalue weighted by atomic mass is 10.2. The van der Waals surface area contributed by atoms with Crippen LogP contribution in [0.3, 0.4) is 0 Å². The summed E-state index contributed by atoms with van der Waals surface area (Å²) in [6.07, 6.45) is 0. The first-order valence-corrected chi connectivity index (χ1v) is 10.2. The number of amides is 1. The van der Waals surface area contributed by atoms with E-state index in [0.29, 0.717) is 5.75 Å². The van der Waals surface area contributed by atoms with Gasteiger partial charge in [-0.05, 0) is 67.8 Å². The van der Waals surface area contributed by atoms with Gasteiger partial charge in [-0.1, -0.05) is 15.9 Å². The van der Waals surface area contributed by atoms with Crippen LogP contribution in [0.25, 0.3) is 0 Å². The Morgan fingerprint density at radius 1 is 1.07 bits per heavy atom. The van der Waals surface area contributed by atoms with Crippen molar-refractivity contribution < 1.29 is 9.53 Å². The Bertz CT molecular complexity index is 806. The molecule has 2 aromatic carbocycles. The second-order valence-electron chi connectivity index (χ2n) is 6.58. The summed E-state index contributed by atoms with van der Waals surface area (Å²) in [5.41, 5.74) is 2.02. The van der Waals surface area contributed by atoms with E-state index in [4.69, 9.17) is 17.0 Å². The van der Waals surface area contributed by atoms with E-state index < -0.39 is 0 Å². The fourth-order valence-corrected chi connectivity index (χ4v) is 3.32. The molecule has 6 nitrogen and oxygen atoms in total. The lowest BCUT2D eigenvalue weighted by molar-refractivity contribution is -0.121. The molecular formula is C20H23BrN4O2S. The number of benzene rings is 2. The molecule has 1 amide bonds. The molecular weight excluding hydrogens is 440 g/mol. The van der Waals surface area contributed by atoms with Gasteiger partial charge in [0.25, 0.3) is 5.91 Å². The van der Waals surface area contributed by atoms with Crippen LogP contribution < -0.4 is 20.3 Å². The third-order valence-corrected chi connectivity index (χ3v) is 5.16. The standard InChI is InChI=1S/C20H23BrN4O2S/c1-24-10-12-25(13-11-24)17-6-4-16(5-7-17)22-20(28)23-19(26)14-27-18-8-2-15(21)3-9-18/h2-9H,10-14H2,1H3,(H2,22,23,26,28). The van der Waals surface area contributed by atoms with Gasteiger partial charge in [-0.25, -0.2) is 0 Å². The molecule has 3 rings (SSSR count). The number of carbonyl (C=O) groups is 1. The van der Waals surface area contributed by atoms with E-state index in [9.17, 15) is 4.79 Å². The lowest BCUT2D eigenvalue weighted by Crippen LogP contribution is -2.44. The Labute approximate surface area is 179 Å². The number of likely N-dealkylation sites (N-methyl/N-ethyl adjacent to an activating group) is 1. The third-order valence-electron chi connectivity index (χ3n) is 4.43. The Hall–Kier alpha value is -2.16. The van der Waals surface area contributed by atoms with Crippen LogP contribution >= 0.6 is 28.1 Å². The average molecular weight is 463 g/mol. The summed E-state index contributed by atoms with van der Waals surface area (Å²) in [7, 11) is 2.14. The van der Waals surface area contributed by atoms with Crippen LogP contribution in [-0.4, -0.2) is 55.8 Å². The molecule has 0 aromatic heterocycles. The largest absolute Gasteiger partial charge is 0.484 e. The number of rotatable bonds is 5. The summed E-state index contributed by atoms with van der Waals surface area (Å²) in [4.78, 5) is 16.7. The van der Waals surface area contributed by atoms with E-state index in [-0.39, 0.29) is 17.6 Å². The second-order valence-corrected chi connectivity index (χ2v) is 7.91. The van der Waals surface area contributed by atoms with Crippen LogP contribution in [0.15, 0.2) is 53.0 Å². The molecule has 148 valence electrons.